The zero-order valence-corrected chi connectivity index (χ0v) is 16.8. The van der Waals surface area contributed by atoms with Gasteiger partial charge in [-0.1, -0.05) is 11.6 Å². The van der Waals surface area contributed by atoms with Crippen molar-refractivity contribution in [1.29, 1.82) is 0 Å². The Morgan fingerprint density at radius 2 is 2.00 bits per heavy atom. The molecule has 0 radical (unpaired) electrons. The molecule has 1 amide bonds. The summed E-state index contributed by atoms with van der Waals surface area (Å²) in [5, 5.41) is 4.54. The van der Waals surface area contributed by atoms with Crippen molar-refractivity contribution < 1.29 is 19.0 Å². The van der Waals surface area contributed by atoms with Crippen LogP contribution in [0.5, 0.6) is 17.2 Å². The van der Waals surface area contributed by atoms with Crippen LogP contribution in [0.2, 0.25) is 5.02 Å². The molecule has 6 nitrogen and oxygen atoms in total. The van der Waals surface area contributed by atoms with Crippen LogP contribution < -0.4 is 19.6 Å². The van der Waals surface area contributed by atoms with Crippen LogP contribution in [0.1, 0.15) is 11.1 Å². The Morgan fingerprint density at radius 3 is 2.65 bits per heavy atom. The molecule has 0 aliphatic rings. The van der Waals surface area contributed by atoms with Crippen LogP contribution in [0.3, 0.4) is 0 Å². The highest BCUT2D eigenvalue weighted by Crippen LogP contribution is 2.35. The Morgan fingerprint density at radius 1 is 1.23 bits per heavy atom. The molecule has 1 N–H and O–H groups in total. The smallest absolute Gasteiger partial charge is 0.277 e. The Bertz CT molecular complexity index is 827. The third-order valence-electron chi connectivity index (χ3n) is 3.35. The Hall–Kier alpha value is -2.25. The molecule has 2 aromatic rings. The van der Waals surface area contributed by atoms with Crippen molar-refractivity contribution in [1.82, 2.24) is 5.43 Å². The number of ether oxygens (including phenoxy) is 3. The number of hydrogen-bond donors (Lipinski definition) is 1. The van der Waals surface area contributed by atoms with E-state index in [1.165, 1.54) is 6.21 Å². The number of hydrazone groups is 1. The van der Waals surface area contributed by atoms with Crippen LogP contribution >= 0.6 is 27.5 Å². The number of carbonyl (C=O) groups is 1. The number of amides is 1. The molecule has 0 unspecified atom stereocenters. The first-order valence-corrected chi connectivity index (χ1v) is 8.74. The van der Waals surface area contributed by atoms with Crippen LogP contribution in [-0.4, -0.2) is 32.9 Å². The number of rotatable bonds is 7. The SMILES string of the molecule is COc1cc(C=NNC(=O)COc2ccc(Cl)cc2C)cc(Br)c1OC. The van der Waals surface area contributed by atoms with Gasteiger partial charge in [-0.3, -0.25) is 4.79 Å². The fourth-order valence-electron chi connectivity index (χ4n) is 2.14. The monoisotopic (exact) mass is 440 g/mol. The van der Waals surface area contributed by atoms with Crippen molar-refractivity contribution in [2.45, 2.75) is 6.92 Å². The predicted octanol–water partition coefficient (Wildman–Crippen LogP) is 3.96. The third-order valence-corrected chi connectivity index (χ3v) is 4.18. The van der Waals surface area contributed by atoms with Crippen molar-refractivity contribution >= 4 is 39.7 Å². The minimum atomic E-state index is -0.379. The summed E-state index contributed by atoms with van der Waals surface area (Å²) in [5.74, 6) is 1.35. The number of nitrogens with one attached hydrogen (secondary N) is 1. The van der Waals surface area contributed by atoms with E-state index >= 15 is 0 Å². The predicted molar refractivity (Wildman–Crippen MR) is 105 cm³/mol. The highest BCUT2D eigenvalue weighted by molar-refractivity contribution is 9.10. The lowest BCUT2D eigenvalue weighted by Gasteiger charge is -2.10. The van der Waals surface area contributed by atoms with E-state index < -0.39 is 0 Å². The molecule has 2 rings (SSSR count). The van der Waals surface area contributed by atoms with Crippen LogP contribution in [0, 0.1) is 6.92 Å². The summed E-state index contributed by atoms with van der Waals surface area (Å²) < 4.78 is 16.7. The van der Waals surface area contributed by atoms with Gasteiger partial charge in [0.05, 0.1) is 24.9 Å². The van der Waals surface area contributed by atoms with Gasteiger partial charge in [0.2, 0.25) is 0 Å². The maximum absolute atomic E-state index is 11.8. The normalized spacial score (nSPS) is 10.7. The van der Waals surface area contributed by atoms with Gasteiger partial charge in [0, 0.05) is 5.02 Å². The van der Waals surface area contributed by atoms with E-state index in [1.54, 1.807) is 44.6 Å². The van der Waals surface area contributed by atoms with Crippen LogP contribution in [0.25, 0.3) is 0 Å². The average Bonchev–Trinajstić information content (AvgIpc) is 2.60. The van der Waals surface area contributed by atoms with Crippen molar-refractivity contribution in [3.63, 3.8) is 0 Å². The quantitative estimate of drug-likeness (QED) is 0.522. The first-order valence-electron chi connectivity index (χ1n) is 7.57. The van der Waals surface area contributed by atoms with Crippen LogP contribution in [-0.2, 0) is 4.79 Å². The zero-order valence-electron chi connectivity index (χ0n) is 14.5. The van der Waals surface area contributed by atoms with E-state index in [-0.39, 0.29) is 12.5 Å². The van der Waals surface area contributed by atoms with E-state index in [9.17, 15) is 4.79 Å². The lowest BCUT2D eigenvalue weighted by atomic mass is 10.2. The molecule has 0 saturated carbocycles. The van der Waals surface area contributed by atoms with Gasteiger partial charge < -0.3 is 14.2 Å². The van der Waals surface area contributed by atoms with Crippen molar-refractivity contribution in [2.24, 2.45) is 5.10 Å². The fraction of sp³-hybridized carbons (Fsp3) is 0.222. The molecule has 0 aliphatic carbocycles. The summed E-state index contributed by atoms with van der Waals surface area (Å²) in [6.45, 7) is 1.70. The van der Waals surface area contributed by atoms with Gasteiger partial charge in [0.25, 0.3) is 5.91 Å². The van der Waals surface area contributed by atoms with Crippen molar-refractivity contribution in [3.05, 3.63) is 51.0 Å². The molecular weight excluding hydrogens is 424 g/mol. The third kappa shape index (κ3) is 5.37. The standard InChI is InChI=1S/C18H18BrClN2O4/c1-11-6-13(20)4-5-15(11)26-10-17(23)22-21-9-12-7-14(19)18(25-3)16(8-12)24-2/h4-9H,10H2,1-3H3,(H,22,23). The number of benzene rings is 2. The number of hydrogen-bond acceptors (Lipinski definition) is 5. The lowest BCUT2D eigenvalue weighted by Crippen LogP contribution is -2.24. The molecule has 0 saturated heterocycles. The van der Waals surface area contributed by atoms with Crippen LogP contribution in [0.15, 0.2) is 39.9 Å². The molecule has 0 fully saturated rings. The van der Waals surface area contributed by atoms with Gasteiger partial charge in [-0.25, -0.2) is 5.43 Å². The molecule has 0 heterocycles. The molecular formula is C18H18BrClN2O4. The topological polar surface area (TPSA) is 69.2 Å². The first-order chi connectivity index (χ1) is 12.4. The first kappa shape index (κ1) is 20.1. The van der Waals surface area contributed by atoms with Crippen LogP contribution in [0.4, 0.5) is 0 Å². The fourth-order valence-corrected chi connectivity index (χ4v) is 2.99. The molecule has 0 atom stereocenters. The lowest BCUT2D eigenvalue weighted by molar-refractivity contribution is -0.123. The van der Waals surface area contributed by atoms with E-state index in [4.69, 9.17) is 25.8 Å². The minimum absolute atomic E-state index is 0.157. The molecule has 0 aliphatic heterocycles. The number of halogens is 2. The molecule has 26 heavy (non-hydrogen) atoms. The summed E-state index contributed by atoms with van der Waals surface area (Å²) in [7, 11) is 3.10. The van der Waals surface area contributed by atoms with Gasteiger partial charge in [-0.15, -0.1) is 0 Å². The largest absolute Gasteiger partial charge is 0.493 e. The van der Waals surface area contributed by atoms with Gasteiger partial charge in [0.15, 0.2) is 18.1 Å². The van der Waals surface area contributed by atoms with Crippen molar-refractivity contribution in [3.8, 4) is 17.2 Å². The van der Waals surface area contributed by atoms with E-state index in [0.717, 1.165) is 11.1 Å². The molecule has 138 valence electrons. The highest BCUT2D eigenvalue weighted by atomic mass is 79.9. The number of carbonyl (C=O) groups excluding carboxylic acids is 1. The Labute approximate surface area is 165 Å². The molecule has 8 heteroatoms. The molecule has 0 aromatic heterocycles. The zero-order chi connectivity index (χ0) is 19.1. The van der Waals surface area contributed by atoms with Gasteiger partial charge in [-0.05, 0) is 64.3 Å². The Kier molecular flexibility index (Phi) is 7.29. The number of methoxy groups -OCH3 is 2. The van der Waals surface area contributed by atoms with Gasteiger partial charge >= 0.3 is 0 Å². The Balaban J connectivity index is 1.93. The summed E-state index contributed by atoms with van der Waals surface area (Å²) in [6, 6.07) is 8.73. The minimum Gasteiger partial charge on any atom is -0.493 e. The summed E-state index contributed by atoms with van der Waals surface area (Å²) in [4.78, 5) is 11.8. The van der Waals surface area contributed by atoms with E-state index in [2.05, 4.69) is 26.5 Å². The second-order valence-electron chi connectivity index (χ2n) is 5.23. The average molecular weight is 442 g/mol. The second-order valence-corrected chi connectivity index (χ2v) is 6.52. The van der Waals surface area contributed by atoms with Crippen molar-refractivity contribution in [2.75, 3.05) is 20.8 Å². The molecule has 2 aromatic carbocycles. The maximum Gasteiger partial charge on any atom is 0.277 e. The molecule has 0 spiro atoms. The van der Waals surface area contributed by atoms with Gasteiger partial charge in [0.1, 0.15) is 5.75 Å². The van der Waals surface area contributed by atoms with E-state index in [0.29, 0.717) is 26.7 Å². The summed E-state index contributed by atoms with van der Waals surface area (Å²) in [6.07, 6.45) is 1.50. The number of aryl methyl sites for hydroxylation is 1. The maximum atomic E-state index is 11.8. The van der Waals surface area contributed by atoms with E-state index in [1.807, 2.05) is 6.92 Å². The number of nitrogens with zero attached hydrogens (tertiary/aromatic N) is 1. The summed E-state index contributed by atoms with van der Waals surface area (Å²) >= 11 is 9.28. The summed E-state index contributed by atoms with van der Waals surface area (Å²) in [5.41, 5.74) is 3.99. The van der Waals surface area contributed by atoms with Gasteiger partial charge in [-0.2, -0.15) is 5.10 Å². The highest BCUT2D eigenvalue weighted by Gasteiger charge is 2.10. The molecule has 0 bridgehead atoms. The second kappa shape index (κ2) is 9.45.